The number of nitrogens with zero attached hydrogens (tertiary/aromatic N) is 3. The van der Waals surface area contributed by atoms with Crippen LogP contribution >= 0.6 is 0 Å². The Labute approximate surface area is 122 Å². The molecule has 0 aliphatic carbocycles. The molecular weight excluding hydrogens is 266 g/mol. The van der Waals surface area contributed by atoms with Gasteiger partial charge in [0.2, 0.25) is 5.91 Å². The summed E-state index contributed by atoms with van der Waals surface area (Å²) in [5, 5.41) is 14.1. The fraction of sp³-hybridized carbons (Fsp3) is 0.267. The summed E-state index contributed by atoms with van der Waals surface area (Å²) in [7, 11) is 0. The van der Waals surface area contributed by atoms with Crippen molar-refractivity contribution in [3.05, 3.63) is 47.5 Å². The molecule has 6 heteroatoms. The van der Waals surface area contributed by atoms with Crippen LogP contribution in [0.5, 0.6) is 0 Å². The third-order valence-electron chi connectivity index (χ3n) is 3.57. The van der Waals surface area contributed by atoms with Crippen LogP contribution in [0.1, 0.15) is 23.4 Å². The highest BCUT2D eigenvalue weighted by Crippen LogP contribution is 2.14. The number of pyridine rings is 1. The monoisotopic (exact) mass is 283 g/mol. The first kappa shape index (κ1) is 13.4. The second-order valence-corrected chi connectivity index (χ2v) is 5.08. The van der Waals surface area contributed by atoms with Gasteiger partial charge >= 0.3 is 0 Å². The molecule has 0 atom stereocenters. The molecule has 3 heterocycles. The zero-order chi connectivity index (χ0) is 14.8. The van der Waals surface area contributed by atoms with Crippen molar-refractivity contribution in [1.82, 2.24) is 19.8 Å². The Morgan fingerprint density at radius 2 is 2.24 bits per heavy atom. The maximum absolute atomic E-state index is 12.0. The van der Waals surface area contributed by atoms with Crippen LogP contribution in [0.4, 0.5) is 5.69 Å². The number of H-pyrrole nitrogens is 1. The van der Waals surface area contributed by atoms with E-state index in [-0.39, 0.29) is 5.91 Å². The van der Waals surface area contributed by atoms with E-state index in [1.54, 1.807) is 10.7 Å². The topological polar surface area (TPSA) is 75.1 Å². The maximum Gasteiger partial charge on any atom is 0.224 e. The Morgan fingerprint density at radius 1 is 1.38 bits per heavy atom. The fourth-order valence-corrected chi connectivity index (χ4v) is 2.40. The summed E-state index contributed by atoms with van der Waals surface area (Å²) in [4.78, 5) is 12.0. The molecule has 0 aromatic carbocycles. The van der Waals surface area contributed by atoms with E-state index in [0.717, 1.165) is 28.2 Å². The van der Waals surface area contributed by atoms with E-state index < -0.39 is 0 Å². The van der Waals surface area contributed by atoms with Crippen molar-refractivity contribution < 1.29 is 4.79 Å². The number of aromatic amines is 1. The second-order valence-electron chi connectivity index (χ2n) is 5.08. The molecule has 0 saturated heterocycles. The lowest BCUT2D eigenvalue weighted by Crippen LogP contribution is -2.12. The van der Waals surface area contributed by atoms with Crippen LogP contribution in [-0.4, -0.2) is 25.7 Å². The lowest BCUT2D eigenvalue weighted by Gasteiger charge is -2.06. The highest BCUT2D eigenvalue weighted by Gasteiger charge is 2.09. The molecule has 21 heavy (non-hydrogen) atoms. The van der Waals surface area contributed by atoms with E-state index in [4.69, 9.17) is 0 Å². The molecule has 0 spiro atoms. The van der Waals surface area contributed by atoms with Crippen molar-refractivity contribution in [2.24, 2.45) is 0 Å². The Balaban J connectivity index is 1.63. The van der Waals surface area contributed by atoms with Gasteiger partial charge in [0.05, 0.1) is 11.2 Å². The minimum absolute atomic E-state index is 0.00105. The summed E-state index contributed by atoms with van der Waals surface area (Å²) in [5.41, 5.74) is 4.85. The summed E-state index contributed by atoms with van der Waals surface area (Å²) in [5.74, 6) is -0.00105. The summed E-state index contributed by atoms with van der Waals surface area (Å²) in [6, 6.07) is 5.64. The molecular formula is C15H17N5O. The van der Waals surface area contributed by atoms with Crippen molar-refractivity contribution in [2.45, 2.75) is 26.7 Å². The molecule has 6 nitrogen and oxygen atoms in total. The molecule has 0 aliphatic rings. The number of hydrogen-bond acceptors (Lipinski definition) is 3. The number of amides is 1. The number of rotatable bonds is 4. The van der Waals surface area contributed by atoms with Gasteiger partial charge < -0.3 is 5.32 Å². The maximum atomic E-state index is 12.0. The van der Waals surface area contributed by atoms with Crippen LogP contribution in [0.2, 0.25) is 0 Å². The number of nitrogens with one attached hydrogen (secondary N) is 2. The van der Waals surface area contributed by atoms with E-state index in [1.165, 1.54) is 0 Å². The van der Waals surface area contributed by atoms with Gasteiger partial charge in [0.1, 0.15) is 0 Å². The van der Waals surface area contributed by atoms with Crippen LogP contribution in [0.15, 0.2) is 30.6 Å². The highest BCUT2D eigenvalue weighted by atomic mass is 16.1. The molecule has 0 aliphatic heterocycles. The van der Waals surface area contributed by atoms with E-state index in [1.807, 2.05) is 38.2 Å². The Morgan fingerprint density at radius 3 is 3.00 bits per heavy atom. The number of aromatic nitrogens is 4. The fourth-order valence-electron chi connectivity index (χ4n) is 2.40. The van der Waals surface area contributed by atoms with Gasteiger partial charge in [-0.1, -0.05) is 0 Å². The quantitative estimate of drug-likeness (QED) is 0.771. The smallest absolute Gasteiger partial charge is 0.224 e. The molecule has 3 rings (SSSR count). The average molecular weight is 283 g/mol. The van der Waals surface area contributed by atoms with Crippen LogP contribution in [0.25, 0.3) is 5.52 Å². The average Bonchev–Trinajstić information content (AvgIpc) is 3.04. The molecule has 0 fully saturated rings. The van der Waals surface area contributed by atoms with Crippen molar-refractivity contribution >= 4 is 17.1 Å². The van der Waals surface area contributed by atoms with Crippen molar-refractivity contribution in [3.63, 3.8) is 0 Å². The molecule has 2 N–H and O–H groups in total. The first-order valence-electron chi connectivity index (χ1n) is 6.87. The molecule has 1 amide bonds. The second kappa shape index (κ2) is 5.40. The number of anilines is 1. The first-order valence-corrected chi connectivity index (χ1v) is 6.87. The van der Waals surface area contributed by atoms with E-state index in [9.17, 15) is 4.79 Å². The van der Waals surface area contributed by atoms with Gasteiger partial charge in [-0.3, -0.25) is 9.89 Å². The van der Waals surface area contributed by atoms with Gasteiger partial charge in [-0.2, -0.15) is 10.2 Å². The minimum atomic E-state index is -0.00105. The van der Waals surface area contributed by atoms with Gasteiger partial charge in [-0.25, -0.2) is 4.52 Å². The number of hydrogen-bond donors (Lipinski definition) is 2. The lowest BCUT2D eigenvalue weighted by molar-refractivity contribution is -0.116. The van der Waals surface area contributed by atoms with Crippen molar-refractivity contribution in [3.8, 4) is 0 Å². The van der Waals surface area contributed by atoms with Gasteiger partial charge in [0.15, 0.2) is 0 Å². The highest BCUT2D eigenvalue weighted by molar-refractivity contribution is 5.91. The third-order valence-corrected chi connectivity index (χ3v) is 3.57. The lowest BCUT2D eigenvalue weighted by atomic mass is 10.1. The number of carbonyl (C=O) groups excluding carboxylic acids is 1. The van der Waals surface area contributed by atoms with Gasteiger partial charge in [-0.05, 0) is 44.0 Å². The predicted molar refractivity (Wildman–Crippen MR) is 80.2 cm³/mol. The Kier molecular flexibility index (Phi) is 3.43. The first-order chi connectivity index (χ1) is 10.1. The van der Waals surface area contributed by atoms with Crippen LogP contribution in [-0.2, 0) is 11.2 Å². The Hall–Kier alpha value is -2.63. The summed E-state index contributed by atoms with van der Waals surface area (Å²) >= 11 is 0. The molecule has 0 unspecified atom stereocenters. The van der Waals surface area contributed by atoms with E-state index >= 15 is 0 Å². The van der Waals surface area contributed by atoms with Gasteiger partial charge in [0.25, 0.3) is 0 Å². The van der Waals surface area contributed by atoms with Crippen LogP contribution < -0.4 is 5.32 Å². The minimum Gasteiger partial charge on any atom is -0.326 e. The third kappa shape index (κ3) is 2.79. The predicted octanol–water partition coefficient (Wildman–Crippen LogP) is 2.25. The summed E-state index contributed by atoms with van der Waals surface area (Å²) in [6.07, 6.45) is 4.68. The molecule has 108 valence electrons. The Bertz CT molecular complexity index is 767. The van der Waals surface area contributed by atoms with E-state index in [0.29, 0.717) is 12.8 Å². The molecule has 3 aromatic heterocycles. The normalized spacial score (nSPS) is 11.0. The molecule has 0 radical (unpaired) electrons. The van der Waals surface area contributed by atoms with Crippen LogP contribution in [0.3, 0.4) is 0 Å². The SMILES string of the molecule is Cc1n[nH]c(C)c1CCC(=O)Nc1ccn2nccc2c1. The molecule has 0 bridgehead atoms. The van der Waals surface area contributed by atoms with Crippen molar-refractivity contribution in [1.29, 1.82) is 0 Å². The van der Waals surface area contributed by atoms with Gasteiger partial charge in [0, 0.05) is 30.2 Å². The summed E-state index contributed by atoms with van der Waals surface area (Å²) in [6.45, 7) is 3.92. The zero-order valence-electron chi connectivity index (χ0n) is 12.1. The van der Waals surface area contributed by atoms with Gasteiger partial charge in [-0.15, -0.1) is 0 Å². The largest absolute Gasteiger partial charge is 0.326 e. The number of aryl methyl sites for hydroxylation is 2. The number of fused-ring (bicyclic) bond motifs is 1. The standard InChI is InChI=1S/C15H17N5O/c1-10-14(11(2)19-18-10)3-4-15(21)17-12-6-8-20-13(9-12)5-7-16-20/h5-9H,3-4H2,1-2H3,(H,17,21)(H,18,19). The molecule has 0 saturated carbocycles. The van der Waals surface area contributed by atoms with Crippen molar-refractivity contribution in [2.75, 3.05) is 5.32 Å². The summed E-state index contributed by atoms with van der Waals surface area (Å²) < 4.78 is 1.76. The molecule has 3 aromatic rings. The number of carbonyl (C=O) groups is 1. The zero-order valence-corrected chi connectivity index (χ0v) is 12.1. The van der Waals surface area contributed by atoms with E-state index in [2.05, 4.69) is 20.6 Å². The van der Waals surface area contributed by atoms with Crippen LogP contribution in [0, 0.1) is 13.8 Å².